The second-order valence-corrected chi connectivity index (χ2v) is 18.8. The van der Waals surface area contributed by atoms with Crippen LogP contribution in [0, 0.1) is 0 Å². The lowest BCUT2D eigenvalue weighted by Crippen LogP contribution is -2.30. The molecule has 1 unspecified atom stereocenters. The van der Waals surface area contributed by atoms with E-state index in [-0.39, 0.29) is 37.5 Å². The Balaban J connectivity index is 4.39. The molecule has 67 heavy (non-hydrogen) atoms. The quantitative estimate of drug-likeness (QED) is 0.0262. The van der Waals surface area contributed by atoms with Crippen LogP contribution in [0.3, 0.4) is 0 Å². The number of ether oxygens (including phenoxy) is 3. The van der Waals surface area contributed by atoms with E-state index in [1.807, 2.05) is 6.08 Å². The molecule has 0 aliphatic carbocycles. The van der Waals surface area contributed by atoms with E-state index in [1.165, 1.54) is 154 Å². The molecule has 0 saturated heterocycles. The monoisotopic (exact) mass is 935 g/mol. The largest absolute Gasteiger partial charge is 0.462 e. The van der Waals surface area contributed by atoms with E-state index >= 15 is 0 Å². The highest BCUT2D eigenvalue weighted by atomic mass is 16.6. The van der Waals surface area contributed by atoms with E-state index in [2.05, 4.69) is 87.6 Å². The lowest BCUT2D eigenvalue weighted by atomic mass is 10.0. The van der Waals surface area contributed by atoms with Gasteiger partial charge in [0.1, 0.15) is 13.2 Å². The Kier molecular flexibility index (Phi) is 52.8. The first-order valence-corrected chi connectivity index (χ1v) is 28.4. The standard InChI is InChI=1S/C61H106O6/c1-4-7-10-13-16-19-22-24-26-28-30-32-33-35-37-39-42-45-48-51-54-60(63)66-57-58(56-65-59(62)53-50-47-44-41-21-18-15-12-9-6-3)67-61(64)55-52-49-46-43-40-38-36-34-31-29-27-25-23-20-17-14-11-8-5-2/h8,11,17,20,25,27,31,34,38,40,46,49,58H,4-7,9-10,12-16,18-19,21-24,26,28-30,32-33,35-37,39,41-45,47-48,50-57H2,1-3H3/b11-8-,20-17-,27-25-,34-31-,40-38-,49-46-. The number of esters is 3. The molecule has 0 spiro atoms. The fraction of sp³-hybridized carbons (Fsp3) is 0.754. The zero-order chi connectivity index (χ0) is 48.6. The van der Waals surface area contributed by atoms with Crippen molar-refractivity contribution in [3.8, 4) is 0 Å². The van der Waals surface area contributed by atoms with Crippen molar-refractivity contribution in [2.45, 2.75) is 284 Å². The number of rotatable bonds is 51. The van der Waals surface area contributed by atoms with Gasteiger partial charge in [-0.1, -0.05) is 273 Å². The molecule has 0 amide bonds. The molecule has 0 N–H and O–H groups in total. The van der Waals surface area contributed by atoms with Crippen LogP contribution in [0.5, 0.6) is 0 Å². The highest BCUT2D eigenvalue weighted by Gasteiger charge is 2.19. The van der Waals surface area contributed by atoms with Crippen LogP contribution >= 0.6 is 0 Å². The second-order valence-electron chi connectivity index (χ2n) is 18.8. The Bertz CT molecular complexity index is 1260. The molecular weight excluding hydrogens is 829 g/mol. The summed E-state index contributed by atoms with van der Waals surface area (Å²) in [6.07, 6.45) is 70.6. The number of hydrogen-bond acceptors (Lipinski definition) is 6. The fourth-order valence-electron chi connectivity index (χ4n) is 8.00. The van der Waals surface area contributed by atoms with E-state index < -0.39 is 6.10 Å². The van der Waals surface area contributed by atoms with Gasteiger partial charge in [0, 0.05) is 19.3 Å². The highest BCUT2D eigenvalue weighted by Crippen LogP contribution is 2.16. The molecule has 6 heteroatoms. The van der Waals surface area contributed by atoms with Crippen molar-refractivity contribution < 1.29 is 28.6 Å². The Morgan fingerprint density at radius 2 is 0.582 bits per heavy atom. The minimum atomic E-state index is -0.812. The normalized spacial score (nSPS) is 12.6. The summed E-state index contributed by atoms with van der Waals surface area (Å²) in [6, 6.07) is 0. The minimum absolute atomic E-state index is 0.102. The molecule has 0 saturated carbocycles. The van der Waals surface area contributed by atoms with Crippen LogP contribution in [-0.2, 0) is 28.6 Å². The summed E-state index contributed by atoms with van der Waals surface area (Å²) >= 11 is 0. The predicted octanol–water partition coefficient (Wildman–Crippen LogP) is 19.0. The molecule has 0 heterocycles. The number of allylic oxidation sites excluding steroid dienone is 12. The number of hydrogen-bond donors (Lipinski definition) is 0. The molecule has 0 aromatic rings. The third-order valence-electron chi connectivity index (χ3n) is 12.2. The van der Waals surface area contributed by atoms with E-state index in [0.717, 1.165) is 77.0 Å². The van der Waals surface area contributed by atoms with Crippen LogP contribution in [-0.4, -0.2) is 37.2 Å². The molecule has 0 radical (unpaired) electrons. The van der Waals surface area contributed by atoms with Gasteiger partial charge < -0.3 is 14.2 Å². The van der Waals surface area contributed by atoms with Crippen molar-refractivity contribution in [2.24, 2.45) is 0 Å². The Hall–Kier alpha value is -3.15. The lowest BCUT2D eigenvalue weighted by Gasteiger charge is -2.18. The topological polar surface area (TPSA) is 78.9 Å². The van der Waals surface area contributed by atoms with Gasteiger partial charge in [-0.25, -0.2) is 0 Å². The van der Waals surface area contributed by atoms with Gasteiger partial charge in [0.15, 0.2) is 6.10 Å². The molecule has 0 fully saturated rings. The van der Waals surface area contributed by atoms with Crippen LogP contribution in [0.15, 0.2) is 72.9 Å². The maximum absolute atomic E-state index is 12.8. The van der Waals surface area contributed by atoms with E-state index in [4.69, 9.17) is 14.2 Å². The number of unbranched alkanes of at least 4 members (excludes halogenated alkanes) is 28. The zero-order valence-corrected chi connectivity index (χ0v) is 44.2. The highest BCUT2D eigenvalue weighted by molar-refractivity contribution is 5.71. The molecule has 6 nitrogen and oxygen atoms in total. The smallest absolute Gasteiger partial charge is 0.306 e. The summed E-state index contributed by atoms with van der Waals surface area (Å²) in [4.78, 5) is 38.0. The Labute approximate surface area is 414 Å². The fourth-order valence-corrected chi connectivity index (χ4v) is 8.00. The first kappa shape index (κ1) is 63.8. The van der Waals surface area contributed by atoms with Crippen molar-refractivity contribution >= 4 is 17.9 Å². The molecule has 0 aromatic heterocycles. The molecule has 0 aliphatic heterocycles. The maximum Gasteiger partial charge on any atom is 0.306 e. The summed E-state index contributed by atoms with van der Waals surface area (Å²) in [5.74, 6) is -0.979. The average Bonchev–Trinajstić information content (AvgIpc) is 3.33. The van der Waals surface area contributed by atoms with Gasteiger partial charge in [-0.05, 0) is 57.8 Å². The van der Waals surface area contributed by atoms with Crippen LogP contribution in [0.4, 0.5) is 0 Å². The SMILES string of the molecule is CC/C=C\C/C=C\C/C=C\C/C=C\C/C=C\C/C=C\CCC(=O)OC(COC(=O)CCCCCCCCCCCC)COC(=O)CCCCCCCCCCCCCCCCCCCCCC. The summed E-state index contributed by atoms with van der Waals surface area (Å²) in [5.41, 5.74) is 0. The Morgan fingerprint density at radius 3 is 0.881 bits per heavy atom. The van der Waals surface area contributed by atoms with Gasteiger partial charge in [-0.3, -0.25) is 14.4 Å². The molecular formula is C61H106O6. The van der Waals surface area contributed by atoms with Crippen molar-refractivity contribution in [2.75, 3.05) is 13.2 Å². The molecule has 1 atom stereocenters. The molecule has 0 aliphatic rings. The molecule has 0 rings (SSSR count). The third-order valence-corrected chi connectivity index (χ3v) is 12.2. The van der Waals surface area contributed by atoms with E-state index in [0.29, 0.717) is 19.3 Å². The number of carbonyl (C=O) groups excluding carboxylic acids is 3. The number of carbonyl (C=O) groups is 3. The molecule has 0 bridgehead atoms. The predicted molar refractivity (Wildman–Crippen MR) is 288 cm³/mol. The first-order chi connectivity index (χ1) is 33.0. The maximum atomic E-state index is 12.8. The van der Waals surface area contributed by atoms with Gasteiger partial charge in [0.25, 0.3) is 0 Å². The summed E-state index contributed by atoms with van der Waals surface area (Å²) in [7, 11) is 0. The van der Waals surface area contributed by atoms with Gasteiger partial charge in [0.05, 0.1) is 0 Å². The third kappa shape index (κ3) is 53.7. The Morgan fingerprint density at radius 1 is 0.313 bits per heavy atom. The average molecular weight is 936 g/mol. The summed E-state index contributed by atoms with van der Waals surface area (Å²) in [6.45, 7) is 6.48. The van der Waals surface area contributed by atoms with Crippen molar-refractivity contribution in [3.63, 3.8) is 0 Å². The summed E-state index contributed by atoms with van der Waals surface area (Å²) in [5, 5.41) is 0. The molecule has 386 valence electrons. The van der Waals surface area contributed by atoms with Crippen molar-refractivity contribution in [1.82, 2.24) is 0 Å². The van der Waals surface area contributed by atoms with Crippen LogP contribution in [0.25, 0.3) is 0 Å². The van der Waals surface area contributed by atoms with Gasteiger partial charge >= 0.3 is 17.9 Å². The van der Waals surface area contributed by atoms with Crippen molar-refractivity contribution in [3.05, 3.63) is 72.9 Å². The van der Waals surface area contributed by atoms with Crippen LogP contribution in [0.2, 0.25) is 0 Å². The van der Waals surface area contributed by atoms with Crippen LogP contribution in [0.1, 0.15) is 278 Å². The van der Waals surface area contributed by atoms with Crippen LogP contribution < -0.4 is 0 Å². The lowest BCUT2D eigenvalue weighted by molar-refractivity contribution is -0.166. The van der Waals surface area contributed by atoms with Gasteiger partial charge in [-0.15, -0.1) is 0 Å². The van der Waals surface area contributed by atoms with E-state index in [9.17, 15) is 14.4 Å². The van der Waals surface area contributed by atoms with Crippen molar-refractivity contribution in [1.29, 1.82) is 0 Å². The molecule has 0 aromatic carbocycles. The second kappa shape index (κ2) is 55.4. The van der Waals surface area contributed by atoms with Gasteiger partial charge in [-0.2, -0.15) is 0 Å². The first-order valence-electron chi connectivity index (χ1n) is 28.4. The zero-order valence-electron chi connectivity index (χ0n) is 44.2. The van der Waals surface area contributed by atoms with E-state index in [1.54, 1.807) is 0 Å². The van der Waals surface area contributed by atoms with Gasteiger partial charge in [0.2, 0.25) is 0 Å². The summed E-state index contributed by atoms with van der Waals surface area (Å²) < 4.78 is 16.8. The minimum Gasteiger partial charge on any atom is -0.462 e.